The Labute approximate surface area is 104 Å². The predicted octanol–water partition coefficient (Wildman–Crippen LogP) is 1.38. The second-order valence-corrected chi connectivity index (χ2v) is 4.00. The Kier molecular flexibility index (Phi) is 3.23. The summed E-state index contributed by atoms with van der Waals surface area (Å²) in [5.41, 5.74) is 7.08. The van der Waals surface area contributed by atoms with E-state index in [2.05, 4.69) is 10.2 Å². The number of H-pyrrole nitrogens is 1. The molecule has 1 amide bonds. The Balaban J connectivity index is 2.46. The monoisotopic (exact) mass is 243 g/mol. The fourth-order valence-electron chi connectivity index (χ4n) is 1.70. The second-order valence-electron chi connectivity index (χ2n) is 4.00. The maximum absolute atomic E-state index is 12.2. The summed E-state index contributed by atoms with van der Waals surface area (Å²) in [6, 6.07) is 8.82. The molecule has 0 saturated heterocycles. The third-order valence-corrected chi connectivity index (χ3v) is 2.80. The van der Waals surface area contributed by atoms with Gasteiger partial charge in [0.2, 0.25) is 5.91 Å². The maximum Gasteiger partial charge on any atom is 0.228 e. The number of aromatic amines is 1. The summed E-state index contributed by atoms with van der Waals surface area (Å²) in [5, 5.41) is 6.65. The second kappa shape index (κ2) is 4.83. The Bertz CT molecular complexity index is 576. The zero-order valence-electron chi connectivity index (χ0n) is 9.88. The number of rotatable bonds is 4. The number of benzene rings is 1. The Hall–Kier alpha value is -2.43. The average Bonchev–Trinajstić information content (AvgIpc) is 2.90. The lowest BCUT2D eigenvalue weighted by molar-refractivity contribution is -0.119. The summed E-state index contributed by atoms with van der Waals surface area (Å²) < 4.78 is 0. The van der Waals surface area contributed by atoms with Gasteiger partial charge in [0, 0.05) is 17.3 Å². The Morgan fingerprint density at radius 3 is 2.61 bits per heavy atom. The first kappa shape index (κ1) is 12.0. The molecule has 1 aromatic carbocycles. The van der Waals surface area contributed by atoms with Crippen molar-refractivity contribution in [3.05, 3.63) is 42.1 Å². The Morgan fingerprint density at radius 2 is 2.00 bits per heavy atom. The molecular weight excluding hydrogens is 230 g/mol. The minimum atomic E-state index is -0.839. The lowest BCUT2D eigenvalue weighted by atomic mass is 9.93. The molecular formula is C13H13N3O2. The van der Waals surface area contributed by atoms with E-state index < -0.39 is 11.8 Å². The average molecular weight is 243 g/mol. The highest BCUT2D eigenvalue weighted by molar-refractivity contribution is 6.12. The highest BCUT2D eigenvalue weighted by atomic mass is 16.2. The van der Waals surface area contributed by atoms with E-state index in [1.165, 1.54) is 6.92 Å². The fraction of sp³-hybridized carbons (Fsp3) is 0.154. The standard InChI is InChI=1S/C13H13N3O2/c1-8(13(14)18)12(17)10-5-3-2-4-9(10)11-6-7-15-16-11/h2-8H,1H3,(H2,14,18)(H,15,16). The van der Waals surface area contributed by atoms with Crippen LogP contribution in [0.25, 0.3) is 11.3 Å². The number of hydrogen-bond acceptors (Lipinski definition) is 3. The lowest BCUT2D eigenvalue weighted by Crippen LogP contribution is -2.28. The van der Waals surface area contributed by atoms with Crippen LogP contribution in [-0.4, -0.2) is 21.9 Å². The number of aromatic nitrogens is 2. The molecule has 1 aromatic heterocycles. The van der Waals surface area contributed by atoms with Crippen molar-refractivity contribution in [2.45, 2.75) is 6.92 Å². The highest BCUT2D eigenvalue weighted by Crippen LogP contribution is 2.23. The van der Waals surface area contributed by atoms with Crippen LogP contribution in [0.3, 0.4) is 0 Å². The molecule has 0 fully saturated rings. The van der Waals surface area contributed by atoms with Crippen molar-refractivity contribution < 1.29 is 9.59 Å². The topological polar surface area (TPSA) is 88.8 Å². The van der Waals surface area contributed by atoms with Gasteiger partial charge in [0.1, 0.15) is 0 Å². The number of primary amides is 1. The van der Waals surface area contributed by atoms with Crippen molar-refractivity contribution >= 4 is 11.7 Å². The van der Waals surface area contributed by atoms with Gasteiger partial charge >= 0.3 is 0 Å². The van der Waals surface area contributed by atoms with Gasteiger partial charge in [-0.3, -0.25) is 14.7 Å². The summed E-state index contributed by atoms with van der Waals surface area (Å²) in [5.74, 6) is -1.75. The first-order valence-electron chi connectivity index (χ1n) is 5.53. The number of carbonyl (C=O) groups excluding carboxylic acids is 2. The number of nitrogens with one attached hydrogen (secondary N) is 1. The predicted molar refractivity (Wildman–Crippen MR) is 66.7 cm³/mol. The number of carbonyl (C=O) groups is 2. The van der Waals surface area contributed by atoms with E-state index in [1.54, 1.807) is 30.5 Å². The van der Waals surface area contributed by atoms with Crippen LogP contribution in [0.1, 0.15) is 17.3 Å². The van der Waals surface area contributed by atoms with Gasteiger partial charge in [0.05, 0.1) is 11.6 Å². The van der Waals surface area contributed by atoms with Crippen LogP contribution >= 0.6 is 0 Å². The van der Waals surface area contributed by atoms with Crippen molar-refractivity contribution in [3.63, 3.8) is 0 Å². The maximum atomic E-state index is 12.2. The summed E-state index contributed by atoms with van der Waals surface area (Å²) in [7, 11) is 0. The van der Waals surface area contributed by atoms with Crippen molar-refractivity contribution in [2.24, 2.45) is 11.7 Å². The van der Waals surface area contributed by atoms with Crippen LogP contribution in [0.4, 0.5) is 0 Å². The molecule has 0 aliphatic carbocycles. The van der Waals surface area contributed by atoms with E-state index in [-0.39, 0.29) is 5.78 Å². The van der Waals surface area contributed by atoms with Crippen LogP contribution in [0.2, 0.25) is 0 Å². The number of hydrogen-bond donors (Lipinski definition) is 2. The zero-order chi connectivity index (χ0) is 13.1. The lowest BCUT2D eigenvalue weighted by Gasteiger charge is -2.10. The van der Waals surface area contributed by atoms with E-state index in [0.29, 0.717) is 11.1 Å². The van der Waals surface area contributed by atoms with Crippen molar-refractivity contribution in [1.29, 1.82) is 0 Å². The molecule has 92 valence electrons. The molecule has 1 atom stereocenters. The largest absolute Gasteiger partial charge is 0.369 e. The van der Waals surface area contributed by atoms with Crippen molar-refractivity contribution in [2.75, 3.05) is 0 Å². The molecule has 0 aliphatic rings. The molecule has 1 unspecified atom stereocenters. The summed E-state index contributed by atoms with van der Waals surface area (Å²) in [4.78, 5) is 23.3. The molecule has 5 nitrogen and oxygen atoms in total. The molecule has 0 aliphatic heterocycles. The van der Waals surface area contributed by atoms with E-state index in [0.717, 1.165) is 5.69 Å². The smallest absolute Gasteiger partial charge is 0.228 e. The van der Waals surface area contributed by atoms with Crippen LogP contribution in [0.15, 0.2) is 36.5 Å². The van der Waals surface area contributed by atoms with Crippen LogP contribution in [0, 0.1) is 5.92 Å². The van der Waals surface area contributed by atoms with Gasteiger partial charge in [-0.05, 0) is 13.0 Å². The highest BCUT2D eigenvalue weighted by Gasteiger charge is 2.23. The molecule has 1 heterocycles. The number of Topliss-reactive ketones (excluding diaryl/α,β-unsaturated/α-hetero) is 1. The number of nitrogens with zero attached hydrogens (tertiary/aromatic N) is 1. The normalized spacial score (nSPS) is 12.1. The van der Waals surface area contributed by atoms with Crippen molar-refractivity contribution in [3.8, 4) is 11.3 Å². The van der Waals surface area contributed by atoms with Gasteiger partial charge < -0.3 is 5.73 Å². The summed E-state index contributed by atoms with van der Waals surface area (Å²) in [6.45, 7) is 1.51. The fourth-order valence-corrected chi connectivity index (χ4v) is 1.70. The molecule has 2 rings (SSSR count). The molecule has 18 heavy (non-hydrogen) atoms. The number of ketones is 1. The van der Waals surface area contributed by atoms with Gasteiger partial charge in [-0.2, -0.15) is 5.10 Å². The van der Waals surface area contributed by atoms with E-state index in [4.69, 9.17) is 5.73 Å². The minimum Gasteiger partial charge on any atom is -0.369 e. The number of amides is 1. The minimum absolute atomic E-state index is 0.285. The van der Waals surface area contributed by atoms with Crippen LogP contribution < -0.4 is 5.73 Å². The molecule has 2 aromatic rings. The van der Waals surface area contributed by atoms with Gasteiger partial charge in [0.15, 0.2) is 5.78 Å². The third-order valence-electron chi connectivity index (χ3n) is 2.80. The first-order chi connectivity index (χ1) is 8.61. The van der Waals surface area contributed by atoms with Crippen LogP contribution in [0.5, 0.6) is 0 Å². The van der Waals surface area contributed by atoms with Crippen molar-refractivity contribution in [1.82, 2.24) is 10.2 Å². The SMILES string of the molecule is CC(C(N)=O)C(=O)c1ccccc1-c1ccn[nH]1. The van der Waals surface area contributed by atoms with E-state index >= 15 is 0 Å². The molecule has 0 bridgehead atoms. The molecule has 0 radical (unpaired) electrons. The molecule has 0 spiro atoms. The van der Waals surface area contributed by atoms with Gasteiger partial charge in [0.25, 0.3) is 0 Å². The number of nitrogens with two attached hydrogens (primary N) is 1. The summed E-state index contributed by atoms with van der Waals surface area (Å²) in [6.07, 6.45) is 1.61. The third kappa shape index (κ3) is 2.15. The van der Waals surface area contributed by atoms with Gasteiger partial charge in [-0.1, -0.05) is 24.3 Å². The first-order valence-corrected chi connectivity index (χ1v) is 5.53. The van der Waals surface area contributed by atoms with Gasteiger partial charge in [-0.25, -0.2) is 0 Å². The van der Waals surface area contributed by atoms with Gasteiger partial charge in [-0.15, -0.1) is 0 Å². The van der Waals surface area contributed by atoms with E-state index in [1.807, 2.05) is 6.07 Å². The molecule has 3 N–H and O–H groups in total. The molecule has 5 heteroatoms. The quantitative estimate of drug-likeness (QED) is 0.628. The van der Waals surface area contributed by atoms with E-state index in [9.17, 15) is 9.59 Å². The Morgan fingerprint density at radius 1 is 1.28 bits per heavy atom. The van der Waals surface area contributed by atoms with Crippen LogP contribution in [-0.2, 0) is 4.79 Å². The summed E-state index contributed by atoms with van der Waals surface area (Å²) >= 11 is 0. The zero-order valence-corrected chi connectivity index (χ0v) is 9.88. The molecule has 0 saturated carbocycles.